The van der Waals surface area contributed by atoms with Crippen molar-refractivity contribution < 1.29 is 24.2 Å². The molecule has 1 fully saturated rings. The zero-order valence-corrected chi connectivity index (χ0v) is 18.8. The van der Waals surface area contributed by atoms with E-state index in [0.717, 1.165) is 22.9 Å². The number of carboxylic acid groups (broad SMARTS) is 1. The van der Waals surface area contributed by atoms with Crippen LogP contribution in [0.25, 0.3) is 6.08 Å². The summed E-state index contributed by atoms with van der Waals surface area (Å²) in [5.74, 6) is -0.671. The van der Waals surface area contributed by atoms with Crippen molar-refractivity contribution in [2.45, 2.75) is 32.9 Å². The van der Waals surface area contributed by atoms with E-state index in [0.29, 0.717) is 21.5 Å². The number of amides is 2. The zero-order valence-electron chi connectivity index (χ0n) is 16.4. The first-order valence-electron chi connectivity index (χ1n) is 9.31. The molecule has 30 heavy (non-hydrogen) atoms. The molecule has 1 atom stereocenters. The Morgan fingerprint density at radius 2 is 2.03 bits per heavy atom. The summed E-state index contributed by atoms with van der Waals surface area (Å²) in [6.07, 6.45) is 2.40. The van der Waals surface area contributed by atoms with Gasteiger partial charge in [-0.25, -0.2) is 4.79 Å². The fourth-order valence-corrected chi connectivity index (χ4v) is 4.31. The van der Waals surface area contributed by atoms with Gasteiger partial charge in [0.05, 0.1) is 14.9 Å². The van der Waals surface area contributed by atoms with Gasteiger partial charge in [0.25, 0.3) is 11.1 Å². The molecule has 8 heteroatoms. The van der Waals surface area contributed by atoms with E-state index in [2.05, 4.69) is 15.9 Å². The Morgan fingerprint density at radius 1 is 1.27 bits per heavy atom. The lowest BCUT2D eigenvalue weighted by Crippen LogP contribution is -2.36. The predicted octanol–water partition coefficient (Wildman–Crippen LogP) is 5.56. The monoisotopic (exact) mass is 489 g/mol. The van der Waals surface area contributed by atoms with Gasteiger partial charge in [0.2, 0.25) is 0 Å². The van der Waals surface area contributed by atoms with E-state index in [1.165, 1.54) is 11.0 Å². The van der Waals surface area contributed by atoms with Gasteiger partial charge in [-0.1, -0.05) is 25.1 Å². The molecule has 156 valence electrons. The van der Waals surface area contributed by atoms with E-state index in [9.17, 15) is 14.4 Å². The fourth-order valence-electron chi connectivity index (χ4n) is 2.87. The van der Waals surface area contributed by atoms with Crippen molar-refractivity contribution in [3.05, 3.63) is 68.5 Å². The van der Waals surface area contributed by atoms with Crippen LogP contribution >= 0.6 is 27.7 Å². The number of carboxylic acids is 1. The van der Waals surface area contributed by atoms with Gasteiger partial charge in [-0.3, -0.25) is 14.5 Å². The molecule has 0 aromatic heterocycles. The Morgan fingerprint density at radius 3 is 2.70 bits per heavy atom. The molecule has 0 aliphatic carbocycles. The van der Waals surface area contributed by atoms with Gasteiger partial charge in [-0.05, 0) is 82.5 Å². The second-order valence-corrected chi connectivity index (χ2v) is 8.64. The highest BCUT2D eigenvalue weighted by molar-refractivity contribution is 9.10. The van der Waals surface area contributed by atoms with Crippen molar-refractivity contribution in [3.8, 4) is 5.75 Å². The number of aromatic carboxylic acids is 1. The number of carbonyl (C=O) groups excluding carboxylic acids is 2. The normalized spacial score (nSPS) is 16.2. The van der Waals surface area contributed by atoms with Crippen LogP contribution in [0.15, 0.2) is 51.8 Å². The molecule has 1 saturated heterocycles. The molecular weight excluding hydrogens is 470 g/mol. The van der Waals surface area contributed by atoms with Gasteiger partial charge >= 0.3 is 5.97 Å². The number of thioether (sulfide) groups is 1. The van der Waals surface area contributed by atoms with Crippen LogP contribution in [0.1, 0.15) is 41.8 Å². The lowest BCUT2D eigenvalue weighted by Gasteiger charge is -2.19. The molecule has 2 amide bonds. The lowest BCUT2D eigenvalue weighted by molar-refractivity contribution is -0.124. The number of imide groups is 1. The fraction of sp³-hybridized carbons (Fsp3) is 0.227. The molecule has 0 saturated carbocycles. The smallest absolute Gasteiger partial charge is 0.335 e. The average Bonchev–Trinajstić information content (AvgIpc) is 3.00. The van der Waals surface area contributed by atoms with Crippen molar-refractivity contribution in [2.24, 2.45) is 0 Å². The Bertz CT molecular complexity index is 1040. The molecule has 2 aromatic carbocycles. The van der Waals surface area contributed by atoms with Crippen LogP contribution in [0.2, 0.25) is 0 Å². The molecule has 1 heterocycles. The van der Waals surface area contributed by atoms with Gasteiger partial charge < -0.3 is 9.84 Å². The zero-order chi connectivity index (χ0) is 21.8. The Balaban J connectivity index is 1.72. The minimum Gasteiger partial charge on any atom is -0.488 e. The van der Waals surface area contributed by atoms with Crippen molar-refractivity contribution in [1.82, 2.24) is 4.90 Å². The highest BCUT2D eigenvalue weighted by Crippen LogP contribution is 2.35. The van der Waals surface area contributed by atoms with E-state index in [1.807, 2.05) is 13.8 Å². The number of carbonyl (C=O) groups is 3. The van der Waals surface area contributed by atoms with E-state index < -0.39 is 5.97 Å². The quantitative estimate of drug-likeness (QED) is 0.512. The van der Waals surface area contributed by atoms with Crippen LogP contribution in [0.4, 0.5) is 4.79 Å². The summed E-state index contributed by atoms with van der Waals surface area (Å²) >= 11 is 4.41. The van der Waals surface area contributed by atoms with Crippen LogP contribution in [-0.4, -0.2) is 33.2 Å². The first kappa shape index (κ1) is 22.1. The number of benzene rings is 2. The van der Waals surface area contributed by atoms with Crippen molar-refractivity contribution in [1.29, 1.82) is 0 Å². The van der Waals surface area contributed by atoms with Crippen LogP contribution in [0.5, 0.6) is 5.75 Å². The van der Waals surface area contributed by atoms with Crippen LogP contribution in [0.3, 0.4) is 0 Å². The molecular formula is C22H20BrNO5S. The molecule has 6 nitrogen and oxygen atoms in total. The number of nitrogens with zero attached hydrogens (tertiary/aromatic N) is 1. The summed E-state index contributed by atoms with van der Waals surface area (Å²) < 4.78 is 6.48. The molecule has 0 spiro atoms. The van der Waals surface area contributed by atoms with Gasteiger partial charge in [0.15, 0.2) is 0 Å². The maximum Gasteiger partial charge on any atom is 0.335 e. The summed E-state index contributed by atoms with van der Waals surface area (Å²) in [4.78, 5) is 37.5. The standard InChI is InChI=1S/C22H20BrNO5S/c1-3-13(2)24-20(25)19(30-22(24)28)11-14-7-8-18(17(23)10-14)29-12-15-5-4-6-16(9-15)21(26)27/h4-11,13H,3,12H2,1-2H3,(H,26,27)/b19-11+/t13-/m0/s1. The summed E-state index contributed by atoms with van der Waals surface area (Å²) in [5.41, 5.74) is 1.71. The highest BCUT2D eigenvalue weighted by Gasteiger charge is 2.37. The first-order valence-corrected chi connectivity index (χ1v) is 10.9. The van der Waals surface area contributed by atoms with Gasteiger partial charge in [0, 0.05) is 6.04 Å². The Hall–Kier alpha value is -2.58. The van der Waals surface area contributed by atoms with E-state index >= 15 is 0 Å². The summed E-state index contributed by atoms with van der Waals surface area (Å²) in [7, 11) is 0. The molecule has 0 unspecified atom stereocenters. The van der Waals surface area contributed by atoms with Crippen LogP contribution < -0.4 is 4.74 Å². The van der Waals surface area contributed by atoms with Crippen LogP contribution in [0, 0.1) is 0 Å². The van der Waals surface area contributed by atoms with E-state index in [1.54, 1.807) is 42.5 Å². The SMILES string of the molecule is CC[C@H](C)N1C(=O)S/C(=C/c2ccc(OCc3cccc(C(=O)O)c3)c(Br)c2)C1=O. The molecule has 3 rings (SSSR count). The third-order valence-corrected chi connectivity index (χ3v) is 6.18. The number of halogens is 1. The largest absolute Gasteiger partial charge is 0.488 e. The number of rotatable bonds is 7. The van der Waals surface area contributed by atoms with Gasteiger partial charge in [-0.2, -0.15) is 0 Å². The predicted molar refractivity (Wildman–Crippen MR) is 119 cm³/mol. The number of hydrogen-bond acceptors (Lipinski definition) is 5. The molecule has 1 aliphatic heterocycles. The lowest BCUT2D eigenvalue weighted by atomic mass is 10.1. The molecule has 0 radical (unpaired) electrons. The minimum absolute atomic E-state index is 0.134. The molecule has 2 aromatic rings. The Labute approximate surface area is 187 Å². The number of hydrogen-bond donors (Lipinski definition) is 1. The van der Waals surface area contributed by atoms with Gasteiger partial charge in [0.1, 0.15) is 12.4 Å². The number of ether oxygens (including phenoxy) is 1. The molecule has 1 N–H and O–H groups in total. The topological polar surface area (TPSA) is 83.9 Å². The second-order valence-electron chi connectivity index (χ2n) is 6.79. The third-order valence-electron chi connectivity index (χ3n) is 4.68. The van der Waals surface area contributed by atoms with Crippen molar-refractivity contribution >= 4 is 50.9 Å². The van der Waals surface area contributed by atoms with Gasteiger partial charge in [-0.15, -0.1) is 0 Å². The maximum absolute atomic E-state index is 12.5. The average molecular weight is 490 g/mol. The molecule has 0 bridgehead atoms. The first-order chi connectivity index (χ1) is 14.3. The third kappa shape index (κ3) is 4.94. The van der Waals surface area contributed by atoms with Crippen LogP contribution in [-0.2, 0) is 11.4 Å². The highest BCUT2D eigenvalue weighted by atomic mass is 79.9. The summed E-state index contributed by atoms with van der Waals surface area (Å²) in [5, 5.41) is 8.83. The minimum atomic E-state index is -0.986. The second kappa shape index (κ2) is 9.49. The summed E-state index contributed by atoms with van der Waals surface area (Å²) in [6, 6.07) is 11.8. The molecule has 1 aliphatic rings. The van der Waals surface area contributed by atoms with Crippen molar-refractivity contribution in [3.63, 3.8) is 0 Å². The van der Waals surface area contributed by atoms with E-state index in [-0.39, 0.29) is 29.4 Å². The van der Waals surface area contributed by atoms with Crippen molar-refractivity contribution in [2.75, 3.05) is 0 Å². The van der Waals surface area contributed by atoms with E-state index in [4.69, 9.17) is 9.84 Å². The Kier molecular flexibility index (Phi) is 6.99. The maximum atomic E-state index is 12.5. The summed E-state index contributed by atoms with van der Waals surface area (Å²) in [6.45, 7) is 4.01.